The molecule has 0 unspecified atom stereocenters. The summed E-state index contributed by atoms with van der Waals surface area (Å²) in [6, 6.07) is 4.26. The van der Waals surface area contributed by atoms with Gasteiger partial charge < -0.3 is 10.1 Å². The van der Waals surface area contributed by atoms with Crippen molar-refractivity contribution in [1.29, 1.82) is 0 Å². The van der Waals surface area contributed by atoms with Gasteiger partial charge in [-0.2, -0.15) is 13.2 Å². The van der Waals surface area contributed by atoms with Gasteiger partial charge in [-0.25, -0.2) is 8.42 Å². The minimum absolute atomic E-state index is 0.199. The Morgan fingerprint density at radius 1 is 1.12 bits per heavy atom. The van der Waals surface area contributed by atoms with Crippen LogP contribution in [0.1, 0.15) is 33.6 Å². The number of anilines is 1. The van der Waals surface area contributed by atoms with Gasteiger partial charge in [0.15, 0.2) is 0 Å². The van der Waals surface area contributed by atoms with Gasteiger partial charge in [0.2, 0.25) is 0 Å². The van der Waals surface area contributed by atoms with Crippen LogP contribution < -0.4 is 5.32 Å². The minimum atomic E-state index is -5.34. The topological polar surface area (TPSA) is 72.5 Å². The molecule has 0 amide bonds. The number of hydrogen-bond donors (Lipinski definition) is 1. The Bertz CT molecular complexity index is 661. The van der Waals surface area contributed by atoms with Crippen LogP contribution in [-0.4, -0.2) is 32.0 Å². The number of carbonyl (C=O) groups is 1. The van der Waals surface area contributed by atoms with E-state index in [1.807, 2.05) is 0 Å². The largest absolute Gasteiger partial charge is 0.501 e. The first-order chi connectivity index (χ1) is 10.8. The van der Waals surface area contributed by atoms with Crippen molar-refractivity contribution in [2.45, 2.75) is 49.6 Å². The Labute approximate surface area is 139 Å². The van der Waals surface area contributed by atoms with E-state index >= 15 is 0 Å². The zero-order valence-electron chi connectivity index (χ0n) is 13.6. The van der Waals surface area contributed by atoms with Gasteiger partial charge in [-0.1, -0.05) is 0 Å². The van der Waals surface area contributed by atoms with Crippen molar-refractivity contribution in [3.63, 3.8) is 0 Å². The van der Waals surface area contributed by atoms with E-state index in [1.54, 1.807) is 20.8 Å². The maximum absolute atomic E-state index is 12.4. The lowest BCUT2D eigenvalue weighted by Gasteiger charge is -2.19. The Morgan fingerprint density at radius 2 is 1.67 bits per heavy atom. The molecular formula is C15H20F3NO4S. The summed E-state index contributed by atoms with van der Waals surface area (Å²) in [7, 11) is -5.34. The zero-order valence-corrected chi connectivity index (χ0v) is 14.4. The fourth-order valence-electron chi connectivity index (χ4n) is 1.74. The molecule has 0 heterocycles. The predicted octanol–water partition coefficient (Wildman–Crippen LogP) is 3.51. The van der Waals surface area contributed by atoms with Gasteiger partial charge in [0.25, 0.3) is 9.84 Å². The molecule has 1 aromatic rings. The highest BCUT2D eigenvalue weighted by molar-refractivity contribution is 7.92. The van der Waals surface area contributed by atoms with Gasteiger partial charge in [-0.05, 0) is 51.5 Å². The summed E-state index contributed by atoms with van der Waals surface area (Å²) in [4.78, 5) is 10.7. The first-order valence-corrected chi connectivity index (χ1v) is 8.68. The lowest BCUT2D eigenvalue weighted by molar-refractivity contribution is -0.154. The van der Waals surface area contributed by atoms with Crippen LogP contribution in [0.15, 0.2) is 29.2 Å². The molecule has 1 rings (SSSR count). The monoisotopic (exact) mass is 367 g/mol. The van der Waals surface area contributed by atoms with E-state index < -0.39 is 25.8 Å². The normalized spacial score (nSPS) is 12.8. The molecule has 1 N–H and O–H groups in total. The van der Waals surface area contributed by atoms with E-state index in [0.717, 1.165) is 12.1 Å². The molecule has 0 aliphatic heterocycles. The van der Waals surface area contributed by atoms with Gasteiger partial charge in [-0.15, -0.1) is 0 Å². The fourth-order valence-corrected chi connectivity index (χ4v) is 2.51. The number of sulfone groups is 1. The van der Waals surface area contributed by atoms with Crippen LogP contribution in [0.3, 0.4) is 0 Å². The van der Waals surface area contributed by atoms with Crippen molar-refractivity contribution in [2.24, 2.45) is 0 Å². The van der Waals surface area contributed by atoms with Crippen LogP contribution in [0.5, 0.6) is 0 Å². The Morgan fingerprint density at radius 3 is 2.12 bits per heavy atom. The third kappa shape index (κ3) is 6.03. The zero-order chi connectivity index (χ0) is 18.6. The predicted molar refractivity (Wildman–Crippen MR) is 83.3 cm³/mol. The van der Waals surface area contributed by atoms with Gasteiger partial charge in [0, 0.05) is 18.7 Å². The molecule has 0 spiro atoms. The van der Waals surface area contributed by atoms with Crippen LogP contribution in [0.2, 0.25) is 0 Å². The summed E-state index contributed by atoms with van der Waals surface area (Å²) in [5.41, 5.74) is -5.42. The maximum Gasteiger partial charge on any atom is 0.501 e. The number of hydrogen-bond acceptors (Lipinski definition) is 5. The van der Waals surface area contributed by atoms with Crippen molar-refractivity contribution in [3.8, 4) is 0 Å². The Kier molecular flexibility index (Phi) is 6.26. The quantitative estimate of drug-likeness (QED) is 0.615. The van der Waals surface area contributed by atoms with Gasteiger partial charge in [0.1, 0.15) is 5.60 Å². The highest BCUT2D eigenvalue weighted by Gasteiger charge is 2.46. The van der Waals surface area contributed by atoms with Crippen molar-refractivity contribution >= 4 is 21.5 Å². The van der Waals surface area contributed by atoms with Crippen LogP contribution in [0, 0.1) is 0 Å². The molecule has 0 aliphatic rings. The number of alkyl halides is 3. The molecule has 0 bridgehead atoms. The molecule has 0 aliphatic carbocycles. The Hall–Kier alpha value is -1.77. The molecule has 0 atom stereocenters. The summed E-state index contributed by atoms with van der Waals surface area (Å²) in [6.45, 7) is 5.68. The summed E-state index contributed by atoms with van der Waals surface area (Å²) in [5, 5.41) is 2.90. The van der Waals surface area contributed by atoms with Crippen LogP contribution in [-0.2, 0) is 19.4 Å². The second kappa shape index (κ2) is 7.42. The first kappa shape index (κ1) is 20.3. The van der Waals surface area contributed by atoms with Gasteiger partial charge in [-0.3, -0.25) is 4.79 Å². The number of esters is 1. The first-order valence-electron chi connectivity index (χ1n) is 7.20. The lowest BCUT2D eigenvalue weighted by Crippen LogP contribution is -2.24. The summed E-state index contributed by atoms with van der Waals surface area (Å²) in [6.07, 6.45) is 0.669. The number of nitrogens with one attached hydrogen (secondary N) is 1. The van der Waals surface area contributed by atoms with Crippen molar-refractivity contribution < 1.29 is 31.1 Å². The number of benzene rings is 1. The van der Waals surface area contributed by atoms with Crippen LogP contribution in [0.25, 0.3) is 0 Å². The number of rotatable bonds is 6. The smallest absolute Gasteiger partial charge is 0.460 e. The molecule has 5 nitrogen and oxygen atoms in total. The number of halogens is 3. The van der Waals surface area contributed by atoms with Crippen molar-refractivity contribution in [1.82, 2.24) is 0 Å². The highest BCUT2D eigenvalue weighted by Crippen LogP contribution is 2.30. The molecule has 0 saturated carbocycles. The summed E-state index contributed by atoms with van der Waals surface area (Å²) in [5.74, 6) is -0.337. The summed E-state index contributed by atoms with van der Waals surface area (Å²) >= 11 is 0. The van der Waals surface area contributed by atoms with Gasteiger partial charge in [0.05, 0.1) is 4.90 Å². The van der Waals surface area contributed by atoms with Gasteiger partial charge >= 0.3 is 11.5 Å². The van der Waals surface area contributed by atoms with E-state index in [9.17, 15) is 26.4 Å². The second-order valence-corrected chi connectivity index (χ2v) is 8.03. The van der Waals surface area contributed by atoms with E-state index in [2.05, 4.69) is 5.32 Å². The Balaban J connectivity index is 2.51. The van der Waals surface area contributed by atoms with Crippen molar-refractivity contribution in [2.75, 3.05) is 11.9 Å². The standard InChI is InChI=1S/C15H20F3NO4S/c1-14(2,3)23-13(20)5-4-10-19-11-6-8-12(9-7-11)24(21,22)15(16,17)18/h6-9,19H,4-5,10H2,1-3H3. The van der Waals surface area contributed by atoms with E-state index in [0.29, 0.717) is 18.7 Å². The van der Waals surface area contributed by atoms with E-state index in [4.69, 9.17) is 4.74 Å². The van der Waals surface area contributed by atoms with Crippen LogP contribution >= 0.6 is 0 Å². The molecule has 24 heavy (non-hydrogen) atoms. The maximum atomic E-state index is 12.4. The molecule has 136 valence electrons. The highest BCUT2D eigenvalue weighted by atomic mass is 32.2. The number of ether oxygens (including phenoxy) is 1. The van der Waals surface area contributed by atoms with E-state index in [1.165, 1.54) is 12.1 Å². The number of carbonyl (C=O) groups excluding carboxylic acids is 1. The molecule has 1 aromatic carbocycles. The third-order valence-electron chi connectivity index (χ3n) is 2.78. The van der Waals surface area contributed by atoms with Crippen LogP contribution in [0.4, 0.5) is 18.9 Å². The fraction of sp³-hybridized carbons (Fsp3) is 0.533. The summed E-state index contributed by atoms with van der Waals surface area (Å²) < 4.78 is 64.8. The van der Waals surface area contributed by atoms with E-state index in [-0.39, 0.29) is 12.4 Å². The lowest BCUT2D eigenvalue weighted by atomic mass is 10.2. The minimum Gasteiger partial charge on any atom is -0.460 e. The molecule has 9 heteroatoms. The SMILES string of the molecule is CC(C)(C)OC(=O)CCCNc1ccc(S(=O)(=O)C(F)(F)F)cc1. The molecule has 0 aromatic heterocycles. The molecule has 0 fully saturated rings. The molecular weight excluding hydrogens is 347 g/mol. The molecule has 0 saturated heterocycles. The average molecular weight is 367 g/mol. The third-order valence-corrected chi connectivity index (χ3v) is 4.28. The molecule has 0 radical (unpaired) electrons. The average Bonchev–Trinajstić information content (AvgIpc) is 2.41. The second-order valence-electron chi connectivity index (χ2n) is 6.09. The van der Waals surface area contributed by atoms with Crippen molar-refractivity contribution in [3.05, 3.63) is 24.3 Å².